The summed E-state index contributed by atoms with van der Waals surface area (Å²) in [4.78, 5) is 33.0. The molecule has 0 atom stereocenters. The lowest BCUT2D eigenvalue weighted by Crippen LogP contribution is -2.47. The Balaban J connectivity index is 1.97. The molecule has 1 saturated carbocycles. The van der Waals surface area contributed by atoms with Crippen molar-refractivity contribution in [2.75, 3.05) is 0 Å². The molecule has 0 radical (unpaired) electrons. The van der Waals surface area contributed by atoms with E-state index in [9.17, 15) is 19.7 Å². The maximum atomic E-state index is 11.7. The van der Waals surface area contributed by atoms with E-state index < -0.39 is 22.5 Å². The van der Waals surface area contributed by atoms with Crippen molar-refractivity contribution in [3.8, 4) is 0 Å². The Morgan fingerprint density at radius 2 is 2.10 bits per heavy atom. The first-order valence-electron chi connectivity index (χ1n) is 6.38. The SMILES string of the molecule is Cc1c(CNC(=O)NC2(C(=O)O)CC2)cccc1[N+](=O)[O-]. The van der Waals surface area contributed by atoms with Crippen LogP contribution in [0, 0.1) is 17.0 Å². The average molecular weight is 293 g/mol. The molecule has 2 amide bonds. The van der Waals surface area contributed by atoms with Crippen molar-refractivity contribution in [2.45, 2.75) is 31.8 Å². The predicted octanol–water partition coefficient (Wildman–Crippen LogP) is 1.32. The van der Waals surface area contributed by atoms with Crippen LogP contribution in [0.5, 0.6) is 0 Å². The van der Waals surface area contributed by atoms with Gasteiger partial charge in [-0.25, -0.2) is 9.59 Å². The van der Waals surface area contributed by atoms with Crippen LogP contribution in [0.15, 0.2) is 18.2 Å². The van der Waals surface area contributed by atoms with E-state index in [1.54, 1.807) is 19.1 Å². The molecule has 21 heavy (non-hydrogen) atoms. The van der Waals surface area contributed by atoms with Crippen molar-refractivity contribution in [1.82, 2.24) is 10.6 Å². The number of carboxylic acids is 1. The van der Waals surface area contributed by atoms with E-state index in [4.69, 9.17) is 5.11 Å². The highest BCUT2D eigenvalue weighted by atomic mass is 16.6. The third-order valence-electron chi connectivity index (χ3n) is 3.57. The number of nitro benzene ring substituents is 1. The van der Waals surface area contributed by atoms with Gasteiger partial charge in [0, 0.05) is 18.2 Å². The molecule has 8 heteroatoms. The fraction of sp³-hybridized carbons (Fsp3) is 0.385. The summed E-state index contributed by atoms with van der Waals surface area (Å²) in [5.74, 6) is -1.05. The predicted molar refractivity (Wildman–Crippen MR) is 72.8 cm³/mol. The van der Waals surface area contributed by atoms with Crippen molar-refractivity contribution in [1.29, 1.82) is 0 Å². The Morgan fingerprint density at radius 3 is 2.62 bits per heavy atom. The Kier molecular flexibility index (Phi) is 3.79. The number of urea groups is 1. The molecule has 0 spiro atoms. The molecule has 1 aliphatic carbocycles. The molecule has 1 fully saturated rings. The second-order valence-electron chi connectivity index (χ2n) is 5.01. The van der Waals surface area contributed by atoms with Gasteiger partial charge in [-0.1, -0.05) is 12.1 Å². The molecule has 0 aliphatic heterocycles. The van der Waals surface area contributed by atoms with E-state index in [0.717, 1.165) is 0 Å². The minimum atomic E-state index is -1.15. The van der Waals surface area contributed by atoms with E-state index in [2.05, 4.69) is 10.6 Å². The number of benzene rings is 1. The van der Waals surface area contributed by atoms with Gasteiger partial charge in [0.1, 0.15) is 5.54 Å². The first-order valence-corrected chi connectivity index (χ1v) is 6.38. The molecule has 0 unspecified atom stereocenters. The van der Waals surface area contributed by atoms with Crippen LogP contribution in [0.3, 0.4) is 0 Å². The molecule has 0 saturated heterocycles. The van der Waals surface area contributed by atoms with E-state index in [0.29, 0.717) is 24.0 Å². The van der Waals surface area contributed by atoms with Crippen molar-refractivity contribution >= 4 is 17.7 Å². The van der Waals surface area contributed by atoms with Crippen molar-refractivity contribution in [3.05, 3.63) is 39.4 Å². The maximum Gasteiger partial charge on any atom is 0.329 e. The zero-order valence-electron chi connectivity index (χ0n) is 11.4. The van der Waals surface area contributed by atoms with Gasteiger partial charge >= 0.3 is 12.0 Å². The summed E-state index contributed by atoms with van der Waals surface area (Å²) in [6.07, 6.45) is 0.817. The number of aliphatic carboxylic acids is 1. The Labute approximate surface area is 120 Å². The normalized spacial score (nSPS) is 15.1. The molecular weight excluding hydrogens is 278 g/mol. The number of amides is 2. The molecule has 1 aromatic carbocycles. The van der Waals surface area contributed by atoms with Gasteiger partial charge in [0.05, 0.1) is 4.92 Å². The van der Waals surface area contributed by atoms with Crippen LogP contribution in [0.1, 0.15) is 24.0 Å². The van der Waals surface area contributed by atoms with Gasteiger partial charge in [-0.05, 0) is 25.3 Å². The van der Waals surface area contributed by atoms with Gasteiger partial charge in [-0.15, -0.1) is 0 Å². The van der Waals surface area contributed by atoms with Gasteiger partial charge in [0.2, 0.25) is 0 Å². The molecule has 1 aromatic rings. The highest BCUT2D eigenvalue weighted by Gasteiger charge is 2.51. The molecule has 3 N–H and O–H groups in total. The molecular formula is C13H15N3O5. The summed E-state index contributed by atoms with van der Waals surface area (Å²) < 4.78 is 0. The van der Waals surface area contributed by atoms with E-state index >= 15 is 0 Å². The molecule has 0 bridgehead atoms. The van der Waals surface area contributed by atoms with Crippen LogP contribution >= 0.6 is 0 Å². The average Bonchev–Trinajstić information content (AvgIpc) is 3.18. The topological polar surface area (TPSA) is 122 Å². The van der Waals surface area contributed by atoms with Crippen LogP contribution in [0.2, 0.25) is 0 Å². The molecule has 2 rings (SSSR count). The Hall–Kier alpha value is -2.64. The van der Waals surface area contributed by atoms with Gasteiger partial charge in [0.25, 0.3) is 5.69 Å². The van der Waals surface area contributed by atoms with Gasteiger partial charge in [0.15, 0.2) is 0 Å². The lowest BCUT2D eigenvalue weighted by atomic mass is 10.1. The van der Waals surface area contributed by atoms with Crippen molar-refractivity contribution in [2.24, 2.45) is 0 Å². The lowest BCUT2D eigenvalue weighted by Gasteiger charge is -2.14. The summed E-state index contributed by atoms with van der Waals surface area (Å²) in [5.41, 5.74) is -0.0810. The summed E-state index contributed by atoms with van der Waals surface area (Å²) >= 11 is 0. The lowest BCUT2D eigenvalue weighted by molar-refractivity contribution is -0.385. The van der Waals surface area contributed by atoms with E-state index in [1.807, 2.05) is 0 Å². The smallest absolute Gasteiger partial charge is 0.329 e. The quantitative estimate of drug-likeness (QED) is 0.558. The van der Waals surface area contributed by atoms with E-state index in [-0.39, 0.29) is 12.2 Å². The first kappa shape index (κ1) is 14.8. The largest absolute Gasteiger partial charge is 0.480 e. The zero-order valence-corrected chi connectivity index (χ0v) is 11.4. The number of nitrogens with one attached hydrogen (secondary N) is 2. The van der Waals surface area contributed by atoms with Crippen LogP contribution in [-0.4, -0.2) is 27.6 Å². The van der Waals surface area contributed by atoms with Gasteiger partial charge in [-0.3, -0.25) is 10.1 Å². The number of nitrogens with zero attached hydrogens (tertiary/aromatic N) is 1. The molecule has 1 aliphatic rings. The molecule has 112 valence electrons. The van der Waals surface area contributed by atoms with Crippen LogP contribution in [0.4, 0.5) is 10.5 Å². The fourth-order valence-electron chi connectivity index (χ4n) is 2.01. The van der Waals surface area contributed by atoms with Gasteiger partial charge < -0.3 is 15.7 Å². The zero-order chi connectivity index (χ0) is 15.6. The number of carbonyl (C=O) groups excluding carboxylic acids is 1. The number of nitro groups is 1. The number of hydrogen-bond donors (Lipinski definition) is 3. The monoisotopic (exact) mass is 293 g/mol. The molecule has 8 nitrogen and oxygen atoms in total. The number of carboxylic acid groups (broad SMARTS) is 1. The third kappa shape index (κ3) is 3.10. The van der Waals surface area contributed by atoms with E-state index in [1.165, 1.54) is 6.07 Å². The second kappa shape index (κ2) is 5.39. The second-order valence-corrected chi connectivity index (χ2v) is 5.01. The van der Waals surface area contributed by atoms with Crippen LogP contribution in [-0.2, 0) is 11.3 Å². The maximum absolute atomic E-state index is 11.7. The Morgan fingerprint density at radius 1 is 1.43 bits per heavy atom. The summed E-state index contributed by atoms with van der Waals surface area (Å²) in [7, 11) is 0. The summed E-state index contributed by atoms with van der Waals surface area (Å²) in [6, 6.07) is 4.01. The number of hydrogen-bond acceptors (Lipinski definition) is 4. The summed E-state index contributed by atoms with van der Waals surface area (Å²) in [6.45, 7) is 1.70. The van der Waals surface area contributed by atoms with Crippen LogP contribution < -0.4 is 10.6 Å². The van der Waals surface area contributed by atoms with Crippen LogP contribution in [0.25, 0.3) is 0 Å². The molecule has 0 heterocycles. The number of carbonyl (C=O) groups is 2. The minimum Gasteiger partial charge on any atom is -0.480 e. The Bertz CT molecular complexity index is 610. The van der Waals surface area contributed by atoms with Crippen molar-refractivity contribution < 1.29 is 19.6 Å². The highest BCUT2D eigenvalue weighted by Crippen LogP contribution is 2.35. The standard InChI is InChI=1S/C13H15N3O5/c1-8-9(3-2-4-10(8)16(20)21)7-14-12(19)15-13(5-6-13)11(17)18/h2-4H,5-7H2,1H3,(H,17,18)(H2,14,15,19). The minimum absolute atomic E-state index is 0.0149. The van der Waals surface area contributed by atoms with Crippen molar-refractivity contribution in [3.63, 3.8) is 0 Å². The fourth-order valence-corrected chi connectivity index (χ4v) is 2.01. The third-order valence-corrected chi connectivity index (χ3v) is 3.57. The first-order chi connectivity index (χ1) is 9.85. The van der Waals surface area contributed by atoms with Gasteiger partial charge in [-0.2, -0.15) is 0 Å². The molecule has 0 aromatic heterocycles. The summed E-state index contributed by atoms with van der Waals surface area (Å²) in [5, 5.41) is 24.7. The highest BCUT2D eigenvalue weighted by molar-refractivity contribution is 5.88. The number of rotatable bonds is 5.